The molecule has 0 spiro atoms. The van der Waals surface area contributed by atoms with Crippen LogP contribution < -0.4 is 5.32 Å². The Labute approximate surface area is 195 Å². The highest BCUT2D eigenvalue weighted by atomic mass is 32.2. The predicted molar refractivity (Wildman–Crippen MR) is 126 cm³/mol. The van der Waals surface area contributed by atoms with Crippen LogP contribution in [-0.2, 0) is 26.2 Å². The molecule has 1 aromatic heterocycles. The number of amides is 2. The van der Waals surface area contributed by atoms with Crippen LogP contribution in [0.3, 0.4) is 0 Å². The van der Waals surface area contributed by atoms with Gasteiger partial charge in [0.15, 0.2) is 0 Å². The first kappa shape index (κ1) is 24.9. The van der Waals surface area contributed by atoms with Crippen LogP contribution in [0.4, 0.5) is 5.82 Å². The van der Waals surface area contributed by atoms with E-state index < -0.39 is 10.0 Å². The van der Waals surface area contributed by atoms with Crippen molar-refractivity contribution in [3.63, 3.8) is 0 Å². The average molecular weight is 476 g/mol. The van der Waals surface area contributed by atoms with Crippen LogP contribution in [0.25, 0.3) is 0 Å². The fraction of sp³-hybridized carbons (Fsp3) is 0.522. The highest BCUT2D eigenvalue weighted by molar-refractivity contribution is 7.89. The van der Waals surface area contributed by atoms with Gasteiger partial charge in [0.25, 0.3) is 0 Å². The number of nitrogens with one attached hydrogen (secondary N) is 1. The third-order valence-electron chi connectivity index (χ3n) is 5.83. The summed E-state index contributed by atoms with van der Waals surface area (Å²) in [5, 5.41) is 7.02. The molecule has 1 aromatic carbocycles. The number of benzene rings is 1. The summed E-state index contributed by atoms with van der Waals surface area (Å²) in [6, 6.07) is 7.13. The van der Waals surface area contributed by atoms with Gasteiger partial charge in [-0.15, -0.1) is 0 Å². The molecule has 3 rings (SSSR count). The minimum Gasteiger partial charge on any atom is -0.340 e. The molecule has 9 nitrogen and oxygen atoms in total. The number of anilines is 1. The van der Waals surface area contributed by atoms with Crippen LogP contribution in [0.15, 0.2) is 35.4 Å². The Morgan fingerprint density at radius 2 is 1.79 bits per heavy atom. The first-order chi connectivity index (χ1) is 15.7. The lowest BCUT2D eigenvalue weighted by molar-refractivity contribution is -0.133. The number of sulfonamides is 1. The number of aromatic nitrogens is 2. The van der Waals surface area contributed by atoms with Crippen LogP contribution in [-0.4, -0.2) is 65.4 Å². The summed E-state index contributed by atoms with van der Waals surface area (Å²) in [4.78, 5) is 26.9. The number of carbonyl (C=O) groups excluding carboxylic acids is 2. The molecule has 1 aliphatic heterocycles. The van der Waals surface area contributed by atoms with Crippen molar-refractivity contribution in [2.45, 2.75) is 57.9 Å². The standard InChI is InChI=1S/C23H33N5O4S/c1-4-5-12-28-21(10-11-24-28)25-22(29)8-9-23(30)26-13-15-27(16-14-26)33(31,32)20-17-18(2)6-7-19(20)3/h6-7,10-11,17H,4-5,8-9,12-16H2,1-3H3,(H,25,29). The van der Waals surface area contributed by atoms with Gasteiger partial charge in [-0.25, -0.2) is 13.1 Å². The van der Waals surface area contributed by atoms with Crippen molar-refractivity contribution in [1.82, 2.24) is 19.0 Å². The number of hydrogen-bond donors (Lipinski definition) is 1. The lowest BCUT2D eigenvalue weighted by Gasteiger charge is -2.34. The number of unbranched alkanes of at least 4 members (excludes halogenated alkanes) is 1. The third kappa shape index (κ3) is 6.20. The Morgan fingerprint density at radius 1 is 1.06 bits per heavy atom. The molecule has 0 aliphatic carbocycles. The summed E-state index contributed by atoms with van der Waals surface area (Å²) in [6.07, 6.45) is 3.79. The molecule has 0 saturated carbocycles. The SMILES string of the molecule is CCCCn1nccc1NC(=O)CCC(=O)N1CCN(S(=O)(=O)c2cc(C)ccc2C)CC1. The highest BCUT2D eigenvalue weighted by Crippen LogP contribution is 2.22. The molecule has 1 fully saturated rings. The van der Waals surface area contributed by atoms with Gasteiger partial charge >= 0.3 is 0 Å². The first-order valence-electron chi connectivity index (χ1n) is 11.4. The van der Waals surface area contributed by atoms with Crippen LogP contribution in [0, 0.1) is 13.8 Å². The second kappa shape index (κ2) is 10.9. The van der Waals surface area contributed by atoms with Gasteiger partial charge in [-0.05, 0) is 37.5 Å². The number of nitrogens with zero attached hydrogens (tertiary/aromatic N) is 4. The molecule has 2 heterocycles. The quantitative estimate of drug-likeness (QED) is 0.600. The zero-order valence-electron chi connectivity index (χ0n) is 19.6. The number of rotatable bonds is 9. The molecule has 0 bridgehead atoms. The van der Waals surface area contributed by atoms with Gasteiger partial charge in [-0.3, -0.25) is 9.59 Å². The summed E-state index contributed by atoms with van der Waals surface area (Å²) >= 11 is 0. The van der Waals surface area contributed by atoms with Crippen molar-refractivity contribution in [1.29, 1.82) is 0 Å². The van der Waals surface area contributed by atoms with Gasteiger partial charge in [0.1, 0.15) is 5.82 Å². The molecule has 1 aliphatic rings. The van der Waals surface area contributed by atoms with Gasteiger partial charge in [0.2, 0.25) is 21.8 Å². The van der Waals surface area contributed by atoms with E-state index in [0.717, 1.165) is 24.9 Å². The van der Waals surface area contributed by atoms with Crippen molar-refractivity contribution in [3.8, 4) is 0 Å². The summed E-state index contributed by atoms with van der Waals surface area (Å²) < 4.78 is 29.3. The predicted octanol–water partition coefficient (Wildman–Crippen LogP) is 2.55. The monoisotopic (exact) mass is 475 g/mol. The largest absolute Gasteiger partial charge is 0.340 e. The molecule has 2 amide bonds. The van der Waals surface area contributed by atoms with E-state index >= 15 is 0 Å². The summed E-state index contributed by atoms with van der Waals surface area (Å²) in [7, 11) is -3.61. The highest BCUT2D eigenvalue weighted by Gasteiger charge is 2.31. The Balaban J connectivity index is 1.49. The summed E-state index contributed by atoms with van der Waals surface area (Å²) in [5.41, 5.74) is 1.60. The van der Waals surface area contributed by atoms with Gasteiger partial charge in [0, 0.05) is 51.6 Å². The number of hydrogen-bond acceptors (Lipinski definition) is 5. The van der Waals surface area contributed by atoms with Crippen molar-refractivity contribution < 1.29 is 18.0 Å². The average Bonchev–Trinajstić information content (AvgIpc) is 3.24. The van der Waals surface area contributed by atoms with Crippen molar-refractivity contribution in [2.75, 3.05) is 31.5 Å². The Hall–Kier alpha value is -2.72. The van der Waals surface area contributed by atoms with Crippen LogP contribution in [0.5, 0.6) is 0 Å². The normalized spacial score (nSPS) is 14.9. The minimum absolute atomic E-state index is 0.0682. The van der Waals surface area contributed by atoms with Gasteiger partial charge < -0.3 is 10.2 Å². The van der Waals surface area contributed by atoms with Crippen LogP contribution >= 0.6 is 0 Å². The van der Waals surface area contributed by atoms with Crippen molar-refractivity contribution >= 4 is 27.7 Å². The fourth-order valence-electron chi connectivity index (χ4n) is 3.81. The second-order valence-corrected chi connectivity index (χ2v) is 10.3. The molecule has 1 saturated heterocycles. The maximum absolute atomic E-state index is 13.1. The molecule has 1 N–H and O–H groups in total. The lowest BCUT2D eigenvalue weighted by atomic mass is 10.2. The minimum atomic E-state index is -3.61. The van der Waals surface area contributed by atoms with Crippen LogP contribution in [0.1, 0.15) is 43.7 Å². The lowest BCUT2D eigenvalue weighted by Crippen LogP contribution is -2.50. The summed E-state index contributed by atoms with van der Waals surface area (Å²) in [6.45, 7) is 7.58. The van der Waals surface area contributed by atoms with E-state index in [-0.39, 0.29) is 37.7 Å². The van der Waals surface area contributed by atoms with Crippen LogP contribution in [0.2, 0.25) is 0 Å². The van der Waals surface area contributed by atoms with Gasteiger partial charge in [0.05, 0.1) is 11.1 Å². The first-order valence-corrected chi connectivity index (χ1v) is 12.8. The van der Waals surface area contributed by atoms with E-state index in [1.807, 2.05) is 19.1 Å². The van der Waals surface area contributed by atoms with E-state index in [2.05, 4.69) is 17.3 Å². The Morgan fingerprint density at radius 3 is 2.48 bits per heavy atom. The van der Waals surface area contributed by atoms with E-state index in [1.165, 1.54) is 4.31 Å². The van der Waals surface area contributed by atoms with Gasteiger partial charge in [-0.2, -0.15) is 9.40 Å². The molecule has 2 aromatic rings. The maximum atomic E-state index is 13.1. The van der Waals surface area contributed by atoms with Crippen molar-refractivity contribution in [2.24, 2.45) is 0 Å². The molecule has 0 unspecified atom stereocenters. The maximum Gasteiger partial charge on any atom is 0.243 e. The molecular formula is C23H33N5O4S. The Kier molecular flexibility index (Phi) is 8.25. The number of piperazine rings is 1. The molecular weight excluding hydrogens is 442 g/mol. The fourth-order valence-corrected chi connectivity index (χ4v) is 5.54. The summed E-state index contributed by atoms with van der Waals surface area (Å²) in [5.74, 6) is 0.248. The van der Waals surface area contributed by atoms with Crippen molar-refractivity contribution in [3.05, 3.63) is 41.6 Å². The zero-order valence-corrected chi connectivity index (χ0v) is 20.4. The smallest absolute Gasteiger partial charge is 0.243 e. The van der Waals surface area contributed by atoms with Gasteiger partial charge in [-0.1, -0.05) is 25.5 Å². The van der Waals surface area contributed by atoms with E-state index in [0.29, 0.717) is 29.4 Å². The molecule has 33 heavy (non-hydrogen) atoms. The third-order valence-corrected chi connectivity index (χ3v) is 7.87. The van der Waals surface area contributed by atoms with E-state index in [4.69, 9.17) is 0 Å². The van der Waals surface area contributed by atoms with E-state index in [9.17, 15) is 18.0 Å². The Bertz CT molecular complexity index is 1090. The number of carbonyl (C=O) groups is 2. The topological polar surface area (TPSA) is 105 Å². The molecule has 0 atom stereocenters. The van der Waals surface area contributed by atoms with E-state index in [1.54, 1.807) is 34.8 Å². The molecule has 0 radical (unpaired) electrons. The molecule has 180 valence electrons. The number of aryl methyl sites for hydroxylation is 3. The second-order valence-electron chi connectivity index (χ2n) is 8.40. The molecule has 10 heteroatoms. The zero-order chi connectivity index (χ0) is 24.0.